The van der Waals surface area contributed by atoms with E-state index in [0.717, 1.165) is 5.56 Å². The van der Waals surface area contributed by atoms with Gasteiger partial charge < -0.3 is 16.2 Å². The highest BCUT2D eigenvalue weighted by atomic mass is 32.2. The average Bonchev–Trinajstić information content (AvgIpc) is 2.38. The lowest BCUT2D eigenvalue weighted by atomic mass is 10.1. The minimum absolute atomic E-state index is 0.0915. The van der Waals surface area contributed by atoms with Gasteiger partial charge in [-0.2, -0.15) is 0 Å². The maximum absolute atomic E-state index is 11.8. The average molecular weight is 301 g/mol. The molecule has 1 rings (SSSR count). The maximum Gasteiger partial charge on any atom is 0.243 e. The summed E-state index contributed by atoms with van der Waals surface area (Å²) < 4.78 is 30.8. The lowest BCUT2D eigenvalue weighted by molar-refractivity contribution is -0.122. The van der Waals surface area contributed by atoms with Crippen LogP contribution in [0.3, 0.4) is 0 Å². The summed E-state index contributed by atoms with van der Waals surface area (Å²) in [5, 5.41) is 0. The molecule has 1 aromatic carbocycles. The molecule has 0 bridgehead atoms. The molecule has 0 heterocycles. The predicted octanol–water partition coefficient (Wildman–Crippen LogP) is -0.933. The molecule has 0 spiro atoms. The van der Waals surface area contributed by atoms with E-state index in [4.69, 9.17) is 16.2 Å². The van der Waals surface area contributed by atoms with Gasteiger partial charge in [0.25, 0.3) is 0 Å². The number of benzene rings is 1. The van der Waals surface area contributed by atoms with Crippen LogP contribution in [-0.2, 0) is 31.9 Å². The van der Waals surface area contributed by atoms with Gasteiger partial charge in [0, 0.05) is 13.1 Å². The van der Waals surface area contributed by atoms with Gasteiger partial charge in [-0.3, -0.25) is 4.79 Å². The largest absolute Gasteiger partial charge is 0.370 e. The van der Waals surface area contributed by atoms with Crippen molar-refractivity contribution in [2.75, 3.05) is 19.8 Å². The molecular formula is C12H19N3O4S. The number of nitrogens with one attached hydrogen (secondary N) is 1. The Morgan fingerprint density at radius 2 is 1.80 bits per heavy atom. The maximum atomic E-state index is 11.8. The first-order valence-electron chi connectivity index (χ1n) is 6.04. The van der Waals surface area contributed by atoms with Gasteiger partial charge in [0.1, 0.15) is 6.61 Å². The minimum Gasteiger partial charge on any atom is -0.370 e. The van der Waals surface area contributed by atoms with Crippen LogP contribution in [0.2, 0.25) is 0 Å². The Kier molecular flexibility index (Phi) is 6.59. The Morgan fingerprint density at radius 1 is 1.20 bits per heavy atom. The summed E-state index contributed by atoms with van der Waals surface area (Å²) in [6.45, 7) is 0.384. The van der Waals surface area contributed by atoms with Gasteiger partial charge in [-0.05, 0) is 11.1 Å². The van der Waals surface area contributed by atoms with E-state index in [1.807, 2.05) is 0 Å². The van der Waals surface area contributed by atoms with Gasteiger partial charge in [-0.15, -0.1) is 0 Å². The Balaban J connectivity index is 2.38. The number of ether oxygens (including phenoxy) is 1. The number of carbonyl (C=O) groups is 1. The van der Waals surface area contributed by atoms with Crippen LogP contribution in [-0.4, -0.2) is 34.1 Å². The van der Waals surface area contributed by atoms with Crippen molar-refractivity contribution in [2.24, 2.45) is 11.5 Å². The van der Waals surface area contributed by atoms with Gasteiger partial charge in [-0.1, -0.05) is 24.3 Å². The second-order valence-electron chi connectivity index (χ2n) is 4.19. The molecule has 8 heteroatoms. The molecule has 0 saturated heterocycles. The summed E-state index contributed by atoms with van der Waals surface area (Å²) in [5.74, 6) is -0.707. The van der Waals surface area contributed by atoms with Crippen molar-refractivity contribution in [1.82, 2.24) is 4.72 Å². The van der Waals surface area contributed by atoms with Crippen LogP contribution < -0.4 is 16.2 Å². The first kappa shape index (κ1) is 16.6. The van der Waals surface area contributed by atoms with E-state index in [-0.39, 0.29) is 25.5 Å². The summed E-state index contributed by atoms with van der Waals surface area (Å²) >= 11 is 0. The van der Waals surface area contributed by atoms with Gasteiger partial charge in [0.2, 0.25) is 15.9 Å². The number of hydrogen-bond acceptors (Lipinski definition) is 5. The van der Waals surface area contributed by atoms with E-state index < -0.39 is 15.9 Å². The van der Waals surface area contributed by atoms with E-state index in [1.165, 1.54) is 0 Å². The van der Waals surface area contributed by atoms with Gasteiger partial charge >= 0.3 is 0 Å². The number of rotatable bonds is 9. The van der Waals surface area contributed by atoms with E-state index >= 15 is 0 Å². The number of hydrogen-bond donors (Lipinski definition) is 3. The van der Waals surface area contributed by atoms with Gasteiger partial charge in [0.05, 0.1) is 12.4 Å². The second kappa shape index (κ2) is 7.95. The third kappa shape index (κ3) is 6.62. The normalized spacial score (nSPS) is 11.4. The van der Waals surface area contributed by atoms with Crippen LogP contribution in [0.25, 0.3) is 0 Å². The van der Waals surface area contributed by atoms with Crippen molar-refractivity contribution < 1.29 is 17.9 Å². The Bertz CT molecular complexity index is 528. The predicted molar refractivity (Wildman–Crippen MR) is 75.0 cm³/mol. The zero-order valence-electron chi connectivity index (χ0n) is 11.0. The highest BCUT2D eigenvalue weighted by molar-refractivity contribution is 7.88. The summed E-state index contributed by atoms with van der Waals surface area (Å²) in [6, 6.07) is 7.04. The number of amides is 1. The third-order valence-corrected chi connectivity index (χ3v) is 3.79. The minimum atomic E-state index is -3.43. The highest BCUT2D eigenvalue weighted by Crippen LogP contribution is 2.07. The van der Waals surface area contributed by atoms with Gasteiger partial charge in [-0.25, -0.2) is 13.1 Å². The number of primary amides is 1. The van der Waals surface area contributed by atoms with E-state index in [1.54, 1.807) is 24.3 Å². The summed E-state index contributed by atoms with van der Waals surface area (Å²) in [6.07, 6.45) is 0. The van der Waals surface area contributed by atoms with Gasteiger partial charge in [0.15, 0.2) is 0 Å². The molecule has 0 radical (unpaired) electrons. The lowest BCUT2D eigenvalue weighted by Gasteiger charge is -2.07. The Hall–Kier alpha value is -1.48. The van der Waals surface area contributed by atoms with E-state index in [2.05, 4.69) is 4.72 Å². The molecule has 5 N–H and O–H groups in total. The van der Waals surface area contributed by atoms with Crippen molar-refractivity contribution in [2.45, 2.75) is 12.3 Å². The fourth-order valence-electron chi connectivity index (χ4n) is 1.48. The molecule has 0 fully saturated rings. The number of sulfonamides is 1. The van der Waals surface area contributed by atoms with Crippen LogP contribution in [0.5, 0.6) is 0 Å². The topological polar surface area (TPSA) is 125 Å². The molecule has 0 aliphatic heterocycles. The van der Waals surface area contributed by atoms with Crippen LogP contribution in [0.1, 0.15) is 11.1 Å². The molecule has 0 aliphatic carbocycles. The van der Waals surface area contributed by atoms with Crippen molar-refractivity contribution in [3.8, 4) is 0 Å². The quantitative estimate of drug-likeness (QED) is 0.508. The summed E-state index contributed by atoms with van der Waals surface area (Å²) in [4.78, 5) is 10.4. The SMILES string of the molecule is NCc1ccc(CS(=O)(=O)NCCOCC(N)=O)cc1. The third-order valence-electron chi connectivity index (χ3n) is 2.43. The first-order chi connectivity index (χ1) is 9.43. The first-order valence-corrected chi connectivity index (χ1v) is 7.69. The molecule has 0 aromatic heterocycles. The summed E-state index contributed by atoms with van der Waals surface area (Å²) in [7, 11) is -3.43. The smallest absolute Gasteiger partial charge is 0.243 e. The van der Waals surface area contributed by atoms with Crippen LogP contribution in [0.15, 0.2) is 24.3 Å². The molecule has 0 aliphatic rings. The zero-order valence-corrected chi connectivity index (χ0v) is 11.9. The molecule has 7 nitrogen and oxygen atoms in total. The Labute approximate surface area is 118 Å². The standard InChI is InChI=1S/C12H19N3O4S/c13-7-10-1-3-11(4-2-10)9-20(17,18)15-5-6-19-8-12(14)16/h1-4,15H,5-9,13H2,(H2,14,16). The Morgan fingerprint density at radius 3 is 2.35 bits per heavy atom. The van der Waals surface area contributed by atoms with Crippen molar-refractivity contribution >= 4 is 15.9 Å². The monoisotopic (exact) mass is 301 g/mol. The molecule has 0 unspecified atom stereocenters. The molecule has 0 saturated carbocycles. The van der Waals surface area contributed by atoms with E-state index in [9.17, 15) is 13.2 Å². The van der Waals surface area contributed by atoms with Crippen LogP contribution in [0.4, 0.5) is 0 Å². The number of carbonyl (C=O) groups excluding carboxylic acids is 1. The van der Waals surface area contributed by atoms with Crippen molar-refractivity contribution in [3.63, 3.8) is 0 Å². The van der Waals surface area contributed by atoms with Crippen LogP contribution in [0, 0.1) is 0 Å². The van der Waals surface area contributed by atoms with Crippen LogP contribution >= 0.6 is 0 Å². The molecule has 1 aromatic rings. The van der Waals surface area contributed by atoms with E-state index in [0.29, 0.717) is 12.1 Å². The molecular weight excluding hydrogens is 282 g/mol. The zero-order chi connectivity index (χ0) is 15.0. The highest BCUT2D eigenvalue weighted by Gasteiger charge is 2.10. The fourth-order valence-corrected chi connectivity index (χ4v) is 2.61. The molecule has 1 amide bonds. The molecule has 0 atom stereocenters. The lowest BCUT2D eigenvalue weighted by Crippen LogP contribution is -2.29. The molecule has 20 heavy (non-hydrogen) atoms. The fraction of sp³-hybridized carbons (Fsp3) is 0.417. The van der Waals surface area contributed by atoms with Crippen molar-refractivity contribution in [3.05, 3.63) is 35.4 Å². The summed E-state index contributed by atoms with van der Waals surface area (Å²) in [5.41, 5.74) is 12.0. The van der Waals surface area contributed by atoms with Crippen molar-refractivity contribution in [1.29, 1.82) is 0 Å². The second-order valence-corrected chi connectivity index (χ2v) is 6.00. The molecule has 112 valence electrons. The number of nitrogens with two attached hydrogens (primary N) is 2.